The second kappa shape index (κ2) is 6.45. The van der Waals surface area contributed by atoms with E-state index in [0.29, 0.717) is 22.6 Å². The van der Waals surface area contributed by atoms with Crippen LogP contribution in [0.5, 0.6) is 28.7 Å². The highest BCUT2D eigenvalue weighted by Gasteiger charge is 2.52. The summed E-state index contributed by atoms with van der Waals surface area (Å²) in [6, 6.07) is 6.93. The largest absolute Gasteiger partial charge is 0.502 e. The van der Waals surface area contributed by atoms with E-state index in [1.165, 1.54) is 14.2 Å². The first kappa shape index (κ1) is 17.9. The van der Waals surface area contributed by atoms with Gasteiger partial charge in [-0.3, -0.25) is 4.79 Å². The maximum atomic E-state index is 12.7. The van der Waals surface area contributed by atoms with Gasteiger partial charge in [0.2, 0.25) is 12.5 Å². The highest BCUT2D eigenvalue weighted by Crippen LogP contribution is 2.55. The number of rotatable bonds is 3. The molecule has 1 saturated heterocycles. The molecule has 8 heteroatoms. The van der Waals surface area contributed by atoms with Crippen molar-refractivity contribution in [1.82, 2.24) is 0 Å². The molecule has 152 valence electrons. The predicted octanol–water partition coefficient (Wildman–Crippen LogP) is 2.11. The molecule has 0 aromatic heterocycles. The highest BCUT2D eigenvalue weighted by molar-refractivity contribution is 5.79. The van der Waals surface area contributed by atoms with Gasteiger partial charge in [-0.05, 0) is 41.0 Å². The van der Waals surface area contributed by atoms with Crippen LogP contribution in [0.1, 0.15) is 28.7 Å². The van der Waals surface area contributed by atoms with Crippen molar-refractivity contribution in [2.45, 2.75) is 12.0 Å². The number of ether oxygens (including phenoxy) is 5. The second-order valence-electron chi connectivity index (χ2n) is 7.35. The van der Waals surface area contributed by atoms with E-state index in [1.54, 1.807) is 24.3 Å². The van der Waals surface area contributed by atoms with Crippen LogP contribution in [0, 0.1) is 11.8 Å². The summed E-state index contributed by atoms with van der Waals surface area (Å²) in [5.74, 6) is -0.324. The molecule has 2 aliphatic heterocycles. The van der Waals surface area contributed by atoms with Crippen LogP contribution in [-0.4, -0.2) is 43.8 Å². The van der Waals surface area contributed by atoms with Crippen LogP contribution >= 0.6 is 0 Å². The Balaban J connectivity index is 1.75. The number of esters is 1. The Morgan fingerprint density at radius 2 is 1.59 bits per heavy atom. The van der Waals surface area contributed by atoms with Crippen LogP contribution in [0.3, 0.4) is 0 Å². The number of phenolic OH excluding ortho intramolecular Hbond substituents is 1. The first-order valence-electron chi connectivity index (χ1n) is 9.26. The lowest BCUT2D eigenvalue weighted by molar-refractivity contribution is -0.141. The molecule has 0 saturated carbocycles. The summed E-state index contributed by atoms with van der Waals surface area (Å²) in [6.07, 6.45) is -0.867. The molecule has 29 heavy (non-hydrogen) atoms. The van der Waals surface area contributed by atoms with Gasteiger partial charge in [0, 0.05) is 11.8 Å². The number of aliphatic hydroxyl groups is 1. The van der Waals surface area contributed by atoms with E-state index in [9.17, 15) is 15.0 Å². The zero-order valence-electron chi connectivity index (χ0n) is 15.9. The van der Waals surface area contributed by atoms with E-state index in [0.717, 1.165) is 5.56 Å². The van der Waals surface area contributed by atoms with Crippen molar-refractivity contribution in [2.75, 3.05) is 27.6 Å². The van der Waals surface area contributed by atoms with E-state index in [2.05, 4.69) is 0 Å². The van der Waals surface area contributed by atoms with Gasteiger partial charge in [0.1, 0.15) is 0 Å². The Labute approximate surface area is 166 Å². The average molecular weight is 400 g/mol. The third-order valence-electron chi connectivity index (χ3n) is 6.01. The zero-order chi connectivity index (χ0) is 20.3. The second-order valence-corrected chi connectivity index (χ2v) is 7.35. The molecule has 8 nitrogen and oxygen atoms in total. The van der Waals surface area contributed by atoms with Gasteiger partial charge in [0.15, 0.2) is 23.0 Å². The van der Waals surface area contributed by atoms with Gasteiger partial charge in [-0.15, -0.1) is 0 Å². The van der Waals surface area contributed by atoms with E-state index in [1.807, 2.05) is 0 Å². The maximum Gasteiger partial charge on any atom is 0.310 e. The summed E-state index contributed by atoms with van der Waals surface area (Å²) in [5, 5.41) is 21.3. The highest BCUT2D eigenvalue weighted by atomic mass is 16.7. The molecular formula is C21H20O8. The number of phenols is 1. The minimum Gasteiger partial charge on any atom is -0.502 e. The minimum absolute atomic E-state index is 0.106. The third-order valence-corrected chi connectivity index (χ3v) is 6.01. The number of carbonyl (C=O) groups excluding carboxylic acids is 1. The van der Waals surface area contributed by atoms with Gasteiger partial charge in [-0.1, -0.05) is 0 Å². The number of aliphatic hydroxyl groups excluding tert-OH is 1. The fourth-order valence-corrected chi connectivity index (χ4v) is 4.63. The normalized spacial score (nSPS) is 26.5. The molecule has 2 aromatic carbocycles. The summed E-state index contributed by atoms with van der Waals surface area (Å²) in [4.78, 5) is 12.7. The number of benzene rings is 2. The summed E-state index contributed by atoms with van der Waals surface area (Å²) in [5.41, 5.74) is 2.12. The van der Waals surface area contributed by atoms with Crippen LogP contribution in [0.2, 0.25) is 0 Å². The smallest absolute Gasteiger partial charge is 0.310 e. The lowest BCUT2D eigenvalue weighted by atomic mass is 9.66. The first-order valence-corrected chi connectivity index (χ1v) is 9.26. The number of cyclic esters (lactones) is 1. The van der Waals surface area contributed by atoms with Crippen LogP contribution in [0.25, 0.3) is 0 Å². The zero-order valence-corrected chi connectivity index (χ0v) is 15.9. The molecule has 4 atom stereocenters. The van der Waals surface area contributed by atoms with Crippen molar-refractivity contribution in [3.05, 3.63) is 41.0 Å². The maximum absolute atomic E-state index is 12.7. The van der Waals surface area contributed by atoms with Crippen LogP contribution < -0.4 is 18.9 Å². The molecule has 0 spiro atoms. The van der Waals surface area contributed by atoms with Crippen LogP contribution in [0.15, 0.2) is 24.3 Å². The Kier molecular flexibility index (Phi) is 3.99. The van der Waals surface area contributed by atoms with Crippen molar-refractivity contribution in [3.8, 4) is 28.7 Å². The van der Waals surface area contributed by atoms with Gasteiger partial charge in [-0.25, -0.2) is 0 Å². The van der Waals surface area contributed by atoms with E-state index < -0.39 is 23.9 Å². The number of carbonyl (C=O) groups is 1. The fourth-order valence-electron chi connectivity index (χ4n) is 4.63. The average Bonchev–Trinajstić information content (AvgIpc) is 3.34. The minimum atomic E-state index is -0.867. The van der Waals surface area contributed by atoms with Crippen molar-refractivity contribution < 1.29 is 38.7 Å². The molecule has 0 amide bonds. The first-order chi connectivity index (χ1) is 14.0. The molecule has 1 fully saturated rings. The van der Waals surface area contributed by atoms with Crippen molar-refractivity contribution in [2.24, 2.45) is 11.8 Å². The molecule has 5 rings (SSSR count). The topological polar surface area (TPSA) is 104 Å². The van der Waals surface area contributed by atoms with Gasteiger partial charge < -0.3 is 33.9 Å². The predicted molar refractivity (Wildman–Crippen MR) is 98.5 cm³/mol. The molecule has 0 bridgehead atoms. The molecule has 2 aromatic rings. The van der Waals surface area contributed by atoms with E-state index in [-0.39, 0.29) is 36.6 Å². The molecular weight excluding hydrogens is 380 g/mol. The monoisotopic (exact) mass is 400 g/mol. The molecule has 2 N–H and O–H groups in total. The van der Waals surface area contributed by atoms with Gasteiger partial charge in [0.25, 0.3) is 0 Å². The molecule has 1 unspecified atom stereocenters. The summed E-state index contributed by atoms with van der Waals surface area (Å²) in [6.45, 7) is 0.246. The molecule has 2 heterocycles. The van der Waals surface area contributed by atoms with Crippen LogP contribution in [0.4, 0.5) is 0 Å². The van der Waals surface area contributed by atoms with Crippen molar-refractivity contribution in [3.63, 3.8) is 0 Å². The van der Waals surface area contributed by atoms with Crippen molar-refractivity contribution in [1.29, 1.82) is 0 Å². The Hall–Kier alpha value is -3.13. The lowest BCUT2D eigenvalue weighted by Crippen LogP contribution is -2.34. The van der Waals surface area contributed by atoms with Gasteiger partial charge in [0.05, 0.1) is 32.8 Å². The Bertz CT molecular complexity index is 975. The lowest BCUT2D eigenvalue weighted by Gasteiger charge is -2.37. The Morgan fingerprint density at radius 1 is 0.966 bits per heavy atom. The van der Waals surface area contributed by atoms with Crippen molar-refractivity contribution >= 4 is 5.97 Å². The number of hydrogen-bond donors (Lipinski definition) is 2. The van der Waals surface area contributed by atoms with Gasteiger partial charge >= 0.3 is 5.97 Å². The molecule has 3 aliphatic rings. The molecule has 1 aliphatic carbocycles. The van der Waals surface area contributed by atoms with Gasteiger partial charge in [-0.2, -0.15) is 0 Å². The number of methoxy groups -OCH3 is 2. The third kappa shape index (κ3) is 2.52. The van der Waals surface area contributed by atoms with E-state index in [4.69, 9.17) is 23.7 Å². The quantitative estimate of drug-likeness (QED) is 0.755. The van der Waals surface area contributed by atoms with Crippen LogP contribution in [-0.2, 0) is 9.53 Å². The van der Waals surface area contributed by atoms with E-state index >= 15 is 0 Å². The number of aromatic hydroxyl groups is 1. The summed E-state index contributed by atoms with van der Waals surface area (Å²) in [7, 11) is 2.89. The summed E-state index contributed by atoms with van der Waals surface area (Å²) >= 11 is 0. The standard InChI is InChI=1S/C21H20O8/c1-25-15-3-9(4-16(26-2)20(15)23)17-10-5-13-14(29-8-28-13)6-11(10)19(22)12-7-27-21(24)18(12)17/h3-6,12,17-19,22-23H,7-8H2,1-2H3/t12-,17?,18+,19+/m0/s1. The number of hydrogen-bond acceptors (Lipinski definition) is 8. The fraction of sp³-hybridized carbons (Fsp3) is 0.381. The molecule has 0 radical (unpaired) electrons. The number of fused-ring (bicyclic) bond motifs is 3. The summed E-state index contributed by atoms with van der Waals surface area (Å²) < 4.78 is 26.9. The Morgan fingerprint density at radius 3 is 2.21 bits per heavy atom. The SMILES string of the molecule is COc1cc(C2c3cc4c(cc3[C@@H](O)[C@H]3COC(=O)[C@@H]23)OCO4)cc(OC)c1O.